The summed E-state index contributed by atoms with van der Waals surface area (Å²) in [5.74, 6) is 8.00. The van der Waals surface area contributed by atoms with E-state index in [0.29, 0.717) is 0 Å². The van der Waals surface area contributed by atoms with Crippen molar-refractivity contribution in [3.8, 4) is 0 Å². The SMILES string of the molecule is Cl.Cl.Cl.NN.[Fe]. The molecule has 0 bridgehead atoms. The second kappa shape index (κ2) is 104. The van der Waals surface area contributed by atoms with E-state index in [-0.39, 0.29) is 54.3 Å². The van der Waals surface area contributed by atoms with Crippen molar-refractivity contribution in [2.75, 3.05) is 0 Å². The van der Waals surface area contributed by atoms with Gasteiger partial charge in [-0.25, -0.2) is 0 Å². The predicted molar refractivity (Wildman–Crippen MR) is 30.1 cm³/mol. The van der Waals surface area contributed by atoms with Gasteiger partial charge in [0, 0.05) is 17.1 Å². The molecular weight excluding hydrogens is 190 g/mol. The fourth-order valence-electron chi connectivity index (χ4n) is 0. The molecule has 0 saturated heterocycles. The van der Waals surface area contributed by atoms with Gasteiger partial charge in [0.15, 0.2) is 0 Å². The van der Waals surface area contributed by atoms with E-state index in [1.807, 2.05) is 0 Å². The van der Waals surface area contributed by atoms with Crippen molar-refractivity contribution in [2.24, 2.45) is 11.7 Å². The molecule has 0 spiro atoms. The Kier molecular flexibility index (Phi) is 943. The molecule has 4 N–H and O–H groups in total. The van der Waals surface area contributed by atoms with Gasteiger partial charge < -0.3 is 0 Å². The molecule has 0 aliphatic rings. The third-order valence-corrected chi connectivity index (χ3v) is 0. The van der Waals surface area contributed by atoms with E-state index in [1.54, 1.807) is 0 Å². The molecule has 0 aromatic rings. The zero-order chi connectivity index (χ0) is 2.00. The first-order chi connectivity index (χ1) is 1.00. The van der Waals surface area contributed by atoms with E-state index >= 15 is 0 Å². The molecule has 0 aromatic carbocycles. The van der Waals surface area contributed by atoms with Gasteiger partial charge in [0.25, 0.3) is 0 Å². The van der Waals surface area contributed by atoms with Crippen LogP contribution in [0.1, 0.15) is 0 Å². The quantitative estimate of drug-likeness (QED) is 0.328. The zero-order valence-electron chi connectivity index (χ0n) is 2.73. The van der Waals surface area contributed by atoms with Crippen LogP contribution < -0.4 is 11.7 Å². The largest absolute Gasteiger partial charge is 0.274 e. The molecule has 6 heteroatoms. The van der Waals surface area contributed by atoms with Gasteiger partial charge >= 0.3 is 0 Å². The van der Waals surface area contributed by atoms with E-state index in [9.17, 15) is 0 Å². The maximum Gasteiger partial charge on any atom is 0 e. The summed E-state index contributed by atoms with van der Waals surface area (Å²) in [4.78, 5) is 0. The normalized spacial score (nSPS) is 1.00. The molecule has 6 heavy (non-hydrogen) atoms. The van der Waals surface area contributed by atoms with Crippen LogP contribution in [0.25, 0.3) is 0 Å². The predicted octanol–water partition coefficient (Wildman–Crippen LogP) is 0.0817. The zero-order valence-corrected chi connectivity index (χ0v) is 6.29. The fourth-order valence-corrected chi connectivity index (χ4v) is 0. The number of hydrogen-bond acceptors (Lipinski definition) is 2. The first kappa shape index (κ1) is 54.6. The summed E-state index contributed by atoms with van der Waals surface area (Å²) in [5, 5.41) is 0. The van der Waals surface area contributed by atoms with Crippen LogP contribution in [0.5, 0.6) is 0 Å². The van der Waals surface area contributed by atoms with E-state index in [0.717, 1.165) is 0 Å². The molecule has 0 heterocycles. The summed E-state index contributed by atoms with van der Waals surface area (Å²) in [6.45, 7) is 0. The Balaban J connectivity index is -0.000000000833. The Hall–Kier alpha value is 1.31. The Bertz CT molecular complexity index is 8.75. The van der Waals surface area contributed by atoms with E-state index in [2.05, 4.69) is 11.7 Å². The van der Waals surface area contributed by atoms with Crippen molar-refractivity contribution in [3.05, 3.63) is 0 Å². The molecule has 0 fully saturated rings. The van der Waals surface area contributed by atoms with Gasteiger partial charge in [-0.05, 0) is 0 Å². The fraction of sp³-hybridized carbons (Fsp3) is 0. The van der Waals surface area contributed by atoms with Crippen LogP contribution in [-0.4, -0.2) is 0 Å². The number of rotatable bonds is 0. The van der Waals surface area contributed by atoms with Crippen LogP contribution in [0.3, 0.4) is 0 Å². The Morgan fingerprint density at radius 1 is 0.667 bits per heavy atom. The van der Waals surface area contributed by atoms with Crippen molar-refractivity contribution in [1.29, 1.82) is 0 Å². The molecular formula is H7Cl3FeN2. The van der Waals surface area contributed by atoms with Gasteiger partial charge in [-0.2, -0.15) is 0 Å². The van der Waals surface area contributed by atoms with Crippen LogP contribution in [0.15, 0.2) is 0 Å². The molecule has 0 rings (SSSR count). The van der Waals surface area contributed by atoms with Crippen molar-refractivity contribution in [3.63, 3.8) is 0 Å². The number of nitrogens with two attached hydrogens (primary N) is 2. The molecule has 0 aliphatic carbocycles. The van der Waals surface area contributed by atoms with Crippen LogP contribution in [0.4, 0.5) is 0 Å². The summed E-state index contributed by atoms with van der Waals surface area (Å²) < 4.78 is 0. The molecule has 0 radical (unpaired) electrons. The second-order valence-corrected chi connectivity index (χ2v) is 0. The summed E-state index contributed by atoms with van der Waals surface area (Å²) in [6, 6.07) is 0. The summed E-state index contributed by atoms with van der Waals surface area (Å²) in [7, 11) is 0. The average Bonchev–Trinajstić information content (AvgIpc) is 1.00. The topological polar surface area (TPSA) is 52.0 Å². The molecule has 0 unspecified atom stereocenters. The third kappa shape index (κ3) is 57.5. The Morgan fingerprint density at radius 3 is 0.667 bits per heavy atom. The minimum atomic E-state index is 0. The summed E-state index contributed by atoms with van der Waals surface area (Å²) >= 11 is 0. The third-order valence-electron chi connectivity index (χ3n) is 0. The molecule has 0 amide bonds. The molecule has 0 saturated carbocycles. The van der Waals surface area contributed by atoms with Crippen LogP contribution >= 0.6 is 37.2 Å². The van der Waals surface area contributed by atoms with E-state index < -0.39 is 0 Å². The van der Waals surface area contributed by atoms with Gasteiger partial charge in [0.05, 0.1) is 0 Å². The van der Waals surface area contributed by atoms with Crippen molar-refractivity contribution in [2.45, 2.75) is 0 Å². The first-order valence-corrected chi connectivity index (χ1v) is 0.333. The minimum absolute atomic E-state index is 0. The van der Waals surface area contributed by atoms with Gasteiger partial charge in [-0.15, -0.1) is 37.2 Å². The smallest absolute Gasteiger partial charge is 0 e. The molecule has 0 atom stereocenters. The Morgan fingerprint density at radius 2 is 0.667 bits per heavy atom. The van der Waals surface area contributed by atoms with Gasteiger partial charge in [-0.1, -0.05) is 0 Å². The van der Waals surface area contributed by atoms with Gasteiger partial charge in [-0.3, -0.25) is 11.7 Å². The van der Waals surface area contributed by atoms with Crippen molar-refractivity contribution in [1.82, 2.24) is 0 Å². The molecule has 0 aliphatic heterocycles. The average molecular weight is 197 g/mol. The van der Waals surface area contributed by atoms with Gasteiger partial charge in [0.1, 0.15) is 0 Å². The minimum Gasteiger partial charge on any atom is -0.274 e. The first-order valence-electron chi connectivity index (χ1n) is 0.333. The molecule has 46 valence electrons. The van der Waals surface area contributed by atoms with Gasteiger partial charge in [0.2, 0.25) is 0 Å². The Labute approximate surface area is 66.1 Å². The monoisotopic (exact) mass is 196 g/mol. The van der Waals surface area contributed by atoms with Crippen LogP contribution in [-0.2, 0) is 17.1 Å². The number of hydrazine groups is 1. The van der Waals surface area contributed by atoms with Crippen LogP contribution in [0.2, 0.25) is 0 Å². The maximum atomic E-state index is 4.00. The standard InChI is InChI=1S/3ClH.Fe.H4N2/c;;;;1-2/h3*1H;;1-2H2. The van der Waals surface area contributed by atoms with Crippen molar-refractivity contribution < 1.29 is 17.1 Å². The number of halogens is 3. The van der Waals surface area contributed by atoms with E-state index in [1.165, 1.54) is 0 Å². The molecule has 0 aromatic heterocycles. The maximum absolute atomic E-state index is 4.00. The van der Waals surface area contributed by atoms with E-state index in [4.69, 9.17) is 0 Å². The van der Waals surface area contributed by atoms with Crippen molar-refractivity contribution >= 4 is 37.2 Å². The summed E-state index contributed by atoms with van der Waals surface area (Å²) in [5.41, 5.74) is 0. The second-order valence-electron chi connectivity index (χ2n) is 0. The molecule has 2 nitrogen and oxygen atoms in total. The van der Waals surface area contributed by atoms with Crippen LogP contribution in [0, 0.1) is 0 Å². The number of hydrogen-bond donors (Lipinski definition) is 2. The summed E-state index contributed by atoms with van der Waals surface area (Å²) in [6.07, 6.45) is 0.